The van der Waals surface area contributed by atoms with E-state index in [0.29, 0.717) is 0 Å². The normalized spacial score (nSPS) is 12.3. The molecular formula is C11H18N2O. The van der Waals surface area contributed by atoms with Crippen LogP contribution in [-0.2, 0) is 0 Å². The fourth-order valence-electron chi connectivity index (χ4n) is 1.39. The maximum Gasteiger partial charge on any atom is 0.120 e. The molecule has 14 heavy (non-hydrogen) atoms. The summed E-state index contributed by atoms with van der Waals surface area (Å²) in [5.41, 5.74) is 6.85. The highest BCUT2D eigenvalue weighted by Crippen LogP contribution is 2.19. The van der Waals surface area contributed by atoms with Gasteiger partial charge in [-0.05, 0) is 19.1 Å². The summed E-state index contributed by atoms with van der Waals surface area (Å²) in [4.78, 5) is 2.12. The molecule has 0 heterocycles. The van der Waals surface area contributed by atoms with Crippen LogP contribution in [0.25, 0.3) is 0 Å². The molecule has 0 aliphatic rings. The third kappa shape index (κ3) is 2.92. The summed E-state index contributed by atoms with van der Waals surface area (Å²) in [6.45, 7) is 2.84. The van der Waals surface area contributed by atoms with Gasteiger partial charge in [0.05, 0.1) is 7.11 Å². The van der Waals surface area contributed by atoms with Gasteiger partial charge < -0.3 is 15.4 Å². The number of hydrogen-bond acceptors (Lipinski definition) is 3. The highest BCUT2D eigenvalue weighted by Gasteiger charge is 2.03. The topological polar surface area (TPSA) is 38.5 Å². The SMILES string of the molecule is COc1cccc(N(C)CC(C)N)c1. The highest BCUT2D eigenvalue weighted by atomic mass is 16.5. The number of rotatable bonds is 4. The van der Waals surface area contributed by atoms with Gasteiger partial charge in [-0.1, -0.05) is 6.07 Å². The first kappa shape index (κ1) is 10.9. The van der Waals surface area contributed by atoms with Gasteiger partial charge in [-0.2, -0.15) is 0 Å². The van der Waals surface area contributed by atoms with E-state index >= 15 is 0 Å². The molecule has 0 aromatic heterocycles. The number of anilines is 1. The molecule has 0 radical (unpaired) electrons. The van der Waals surface area contributed by atoms with Crippen LogP contribution in [0.4, 0.5) is 5.69 Å². The Balaban J connectivity index is 2.73. The van der Waals surface area contributed by atoms with Crippen molar-refractivity contribution >= 4 is 5.69 Å². The first-order valence-corrected chi connectivity index (χ1v) is 4.74. The van der Waals surface area contributed by atoms with Gasteiger partial charge in [-0.25, -0.2) is 0 Å². The zero-order valence-electron chi connectivity index (χ0n) is 9.03. The maximum atomic E-state index is 5.73. The molecule has 0 amide bonds. The molecule has 78 valence electrons. The standard InChI is InChI=1S/C11H18N2O/c1-9(12)8-13(2)10-5-4-6-11(7-10)14-3/h4-7,9H,8,12H2,1-3H3. The zero-order chi connectivity index (χ0) is 10.6. The fraction of sp³-hybridized carbons (Fsp3) is 0.455. The molecule has 1 aromatic rings. The molecule has 1 rings (SSSR count). The predicted octanol–water partition coefficient (Wildman–Crippen LogP) is 1.48. The molecule has 0 saturated carbocycles. The van der Waals surface area contributed by atoms with E-state index in [1.165, 1.54) is 0 Å². The second-order valence-electron chi connectivity index (χ2n) is 3.56. The van der Waals surface area contributed by atoms with E-state index in [4.69, 9.17) is 10.5 Å². The van der Waals surface area contributed by atoms with Gasteiger partial charge in [0.15, 0.2) is 0 Å². The summed E-state index contributed by atoms with van der Waals surface area (Å²) in [6, 6.07) is 8.13. The molecular weight excluding hydrogens is 176 g/mol. The van der Waals surface area contributed by atoms with Crippen molar-refractivity contribution < 1.29 is 4.74 Å². The summed E-state index contributed by atoms with van der Waals surface area (Å²) in [7, 11) is 3.70. The van der Waals surface area contributed by atoms with Gasteiger partial charge in [0.25, 0.3) is 0 Å². The summed E-state index contributed by atoms with van der Waals surface area (Å²) >= 11 is 0. The Labute approximate surface area is 85.5 Å². The Morgan fingerprint density at radius 1 is 1.50 bits per heavy atom. The number of nitrogens with zero attached hydrogens (tertiary/aromatic N) is 1. The van der Waals surface area contributed by atoms with E-state index in [0.717, 1.165) is 18.0 Å². The minimum absolute atomic E-state index is 0.172. The summed E-state index contributed by atoms with van der Waals surface area (Å²) < 4.78 is 5.15. The predicted molar refractivity (Wildman–Crippen MR) is 59.9 cm³/mol. The van der Waals surface area contributed by atoms with Crippen LogP contribution in [0.5, 0.6) is 5.75 Å². The summed E-state index contributed by atoms with van der Waals surface area (Å²) in [5, 5.41) is 0. The van der Waals surface area contributed by atoms with E-state index in [1.807, 2.05) is 38.2 Å². The fourth-order valence-corrected chi connectivity index (χ4v) is 1.39. The Kier molecular flexibility index (Phi) is 3.77. The third-order valence-electron chi connectivity index (χ3n) is 2.06. The second-order valence-corrected chi connectivity index (χ2v) is 3.56. The largest absolute Gasteiger partial charge is 0.497 e. The Morgan fingerprint density at radius 2 is 2.21 bits per heavy atom. The third-order valence-corrected chi connectivity index (χ3v) is 2.06. The van der Waals surface area contributed by atoms with Gasteiger partial charge in [0, 0.05) is 31.4 Å². The minimum atomic E-state index is 0.172. The lowest BCUT2D eigenvalue weighted by atomic mass is 10.2. The molecule has 1 aromatic carbocycles. The Bertz CT molecular complexity index is 286. The van der Waals surface area contributed by atoms with Crippen LogP contribution >= 0.6 is 0 Å². The van der Waals surface area contributed by atoms with Gasteiger partial charge in [0.2, 0.25) is 0 Å². The summed E-state index contributed by atoms with van der Waals surface area (Å²) in [6.07, 6.45) is 0. The maximum absolute atomic E-state index is 5.73. The molecule has 0 aliphatic carbocycles. The van der Waals surface area contributed by atoms with E-state index in [2.05, 4.69) is 4.90 Å². The Morgan fingerprint density at radius 3 is 2.79 bits per heavy atom. The average Bonchev–Trinajstić information content (AvgIpc) is 2.17. The minimum Gasteiger partial charge on any atom is -0.497 e. The lowest BCUT2D eigenvalue weighted by molar-refractivity contribution is 0.415. The molecule has 3 nitrogen and oxygen atoms in total. The molecule has 0 fully saturated rings. The van der Waals surface area contributed by atoms with Gasteiger partial charge >= 0.3 is 0 Å². The van der Waals surface area contributed by atoms with Crippen molar-refractivity contribution in [1.29, 1.82) is 0 Å². The molecule has 0 spiro atoms. The number of hydrogen-bond donors (Lipinski definition) is 1. The Hall–Kier alpha value is -1.22. The van der Waals surface area contributed by atoms with Crippen LogP contribution in [0.1, 0.15) is 6.92 Å². The smallest absolute Gasteiger partial charge is 0.120 e. The quantitative estimate of drug-likeness (QED) is 0.789. The monoisotopic (exact) mass is 194 g/mol. The number of methoxy groups -OCH3 is 1. The van der Waals surface area contributed by atoms with Crippen molar-refractivity contribution in [1.82, 2.24) is 0 Å². The second kappa shape index (κ2) is 4.86. The number of likely N-dealkylation sites (N-methyl/N-ethyl adjacent to an activating group) is 1. The van der Waals surface area contributed by atoms with Crippen LogP contribution in [0.3, 0.4) is 0 Å². The van der Waals surface area contributed by atoms with Gasteiger partial charge in [-0.15, -0.1) is 0 Å². The number of benzene rings is 1. The van der Waals surface area contributed by atoms with Gasteiger partial charge in [-0.3, -0.25) is 0 Å². The lowest BCUT2D eigenvalue weighted by Gasteiger charge is -2.21. The van der Waals surface area contributed by atoms with E-state index in [1.54, 1.807) is 7.11 Å². The molecule has 1 unspecified atom stereocenters. The van der Waals surface area contributed by atoms with Gasteiger partial charge in [0.1, 0.15) is 5.75 Å². The van der Waals surface area contributed by atoms with Crippen molar-refractivity contribution in [2.75, 3.05) is 25.6 Å². The average molecular weight is 194 g/mol. The van der Waals surface area contributed by atoms with Crippen molar-refractivity contribution in [2.24, 2.45) is 5.73 Å². The number of nitrogens with two attached hydrogens (primary N) is 1. The van der Waals surface area contributed by atoms with Crippen LogP contribution in [0.15, 0.2) is 24.3 Å². The first-order valence-electron chi connectivity index (χ1n) is 4.74. The number of ether oxygens (including phenoxy) is 1. The molecule has 0 saturated heterocycles. The summed E-state index contributed by atoms with van der Waals surface area (Å²) in [5.74, 6) is 0.874. The molecule has 1 atom stereocenters. The highest BCUT2D eigenvalue weighted by molar-refractivity contribution is 5.50. The van der Waals surface area contributed by atoms with Crippen molar-refractivity contribution in [2.45, 2.75) is 13.0 Å². The van der Waals surface area contributed by atoms with Crippen molar-refractivity contribution in [3.63, 3.8) is 0 Å². The molecule has 2 N–H and O–H groups in total. The van der Waals surface area contributed by atoms with E-state index in [9.17, 15) is 0 Å². The van der Waals surface area contributed by atoms with Crippen LogP contribution in [0.2, 0.25) is 0 Å². The van der Waals surface area contributed by atoms with Crippen LogP contribution in [-0.4, -0.2) is 26.7 Å². The first-order chi connectivity index (χ1) is 6.63. The van der Waals surface area contributed by atoms with E-state index in [-0.39, 0.29) is 6.04 Å². The zero-order valence-corrected chi connectivity index (χ0v) is 9.03. The molecule has 3 heteroatoms. The molecule has 0 aliphatic heterocycles. The molecule has 0 bridgehead atoms. The van der Waals surface area contributed by atoms with Crippen LogP contribution in [0, 0.1) is 0 Å². The van der Waals surface area contributed by atoms with E-state index < -0.39 is 0 Å². The van der Waals surface area contributed by atoms with Crippen LogP contribution < -0.4 is 15.4 Å². The van der Waals surface area contributed by atoms with Crippen molar-refractivity contribution in [3.8, 4) is 5.75 Å². The lowest BCUT2D eigenvalue weighted by Crippen LogP contribution is -2.32. The van der Waals surface area contributed by atoms with Crippen molar-refractivity contribution in [3.05, 3.63) is 24.3 Å².